The van der Waals surface area contributed by atoms with Crippen LogP contribution in [0.4, 0.5) is 0 Å². The summed E-state index contributed by atoms with van der Waals surface area (Å²) in [4.78, 5) is 2.41. The van der Waals surface area contributed by atoms with Crippen LogP contribution in [0.2, 0.25) is 0 Å². The molecular weight excluding hydrogens is 262 g/mol. The second-order valence-corrected chi connectivity index (χ2v) is 5.78. The zero-order valence-electron chi connectivity index (χ0n) is 12.6. The minimum atomic E-state index is 0.258. The van der Waals surface area contributed by atoms with Gasteiger partial charge in [0.15, 0.2) is 0 Å². The SMILES string of the molecule is COc1ccc(CN2CCCC[C@H]2CO)c2ccccc12. The third-order valence-corrected chi connectivity index (χ3v) is 4.53. The lowest BCUT2D eigenvalue weighted by Crippen LogP contribution is -2.41. The molecule has 1 saturated heterocycles. The number of fused-ring (bicyclic) bond motifs is 1. The molecule has 0 aromatic heterocycles. The fraction of sp³-hybridized carbons (Fsp3) is 0.444. The van der Waals surface area contributed by atoms with Crippen molar-refractivity contribution in [3.05, 3.63) is 42.0 Å². The third-order valence-electron chi connectivity index (χ3n) is 4.53. The maximum atomic E-state index is 9.57. The summed E-state index contributed by atoms with van der Waals surface area (Å²) in [5.41, 5.74) is 1.31. The van der Waals surface area contributed by atoms with Crippen molar-refractivity contribution >= 4 is 10.8 Å². The predicted molar refractivity (Wildman–Crippen MR) is 85.6 cm³/mol. The second kappa shape index (κ2) is 6.46. The summed E-state index contributed by atoms with van der Waals surface area (Å²) in [5, 5.41) is 12.0. The molecule has 2 aromatic rings. The number of hydrogen-bond acceptors (Lipinski definition) is 3. The van der Waals surface area contributed by atoms with Gasteiger partial charge in [-0.1, -0.05) is 36.8 Å². The first-order chi connectivity index (χ1) is 10.3. The van der Waals surface area contributed by atoms with Gasteiger partial charge in [-0.3, -0.25) is 4.90 Å². The number of likely N-dealkylation sites (tertiary alicyclic amines) is 1. The highest BCUT2D eigenvalue weighted by atomic mass is 16.5. The number of rotatable bonds is 4. The van der Waals surface area contributed by atoms with Gasteiger partial charge in [0.1, 0.15) is 5.75 Å². The first kappa shape index (κ1) is 14.4. The van der Waals surface area contributed by atoms with Crippen LogP contribution in [-0.2, 0) is 6.54 Å². The number of aliphatic hydroxyl groups excluding tert-OH is 1. The fourth-order valence-electron chi connectivity index (χ4n) is 3.34. The van der Waals surface area contributed by atoms with Crippen molar-refractivity contribution in [1.29, 1.82) is 0 Å². The van der Waals surface area contributed by atoms with E-state index in [9.17, 15) is 5.11 Å². The molecule has 3 nitrogen and oxygen atoms in total. The van der Waals surface area contributed by atoms with Crippen molar-refractivity contribution in [2.75, 3.05) is 20.3 Å². The predicted octanol–water partition coefficient (Wildman–Crippen LogP) is 3.20. The van der Waals surface area contributed by atoms with E-state index in [0.717, 1.165) is 30.6 Å². The van der Waals surface area contributed by atoms with Gasteiger partial charge < -0.3 is 9.84 Å². The van der Waals surface area contributed by atoms with Crippen LogP contribution >= 0.6 is 0 Å². The van der Waals surface area contributed by atoms with E-state index in [2.05, 4.69) is 35.2 Å². The van der Waals surface area contributed by atoms with Gasteiger partial charge in [-0.05, 0) is 36.4 Å². The number of methoxy groups -OCH3 is 1. The molecular formula is C18H23NO2. The number of aliphatic hydroxyl groups is 1. The van der Waals surface area contributed by atoms with Gasteiger partial charge in [0.2, 0.25) is 0 Å². The average Bonchev–Trinajstić information content (AvgIpc) is 2.55. The molecule has 112 valence electrons. The Balaban J connectivity index is 1.93. The Labute approximate surface area is 126 Å². The van der Waals surface area contributed by atoms with E-state index in [1.165, 1.54) is 23.8 Å². The topological polar surface area (TPSA) is 32.7 Å². The van der Waals surface area contributed by atoms with Crippen molar-refractivity contribution in [3.63, 3.8) is 0 Å². The van der Waals surface area contributed by atoms with E-state index in [0.29, 0.717) is 6.04 Å². The molecule has 0 saturated carbocycles. The molecule has 0 aliphatic carbocycles. The molecule has 3 rings (SSSR count). The van der Waals surface area contributed by atoms with E-state index in [1.54, 1.807) is 7.11 Å². The van der Waals surface area contributed by atoms with Gasteiger partial charge in [-0.2, -0.15) is 0 Å². The van der Waals surface area contributed by atoms with Crippen LogP contribution in [0.3, 0.4) is 0 Å². The van der Waals surface area contributed by atoms with Crippen molar-refractivity contribution in [2.45, 2.75) is 31.8 Å². The van der Waals surface area contributed by atoms with E-state index < -0.39 is 0 Å². The molecule has 1 N–H and O–H groups in total. The van der Waals surface area contributed by atoms with Gasteiger partial charge >= 0.3 is 0 Å². The maximum Gasteiger partial charge on any atom is 0.126 e. The van der Waals surface area contributed by atoms with E-state index >= 15 is 0 Å². The molecule has 0 spiro atoms. The first-order valence-electron chi connectivity index (χ1n) is 7.73. The highest BCUT2D eigenvalue weighted by Gasteiger charge is 2.22. The van der Waals surface area contributed by atoms with Crippen molar-refractivity contribution in [3.8, 4) is 5.75 Å². The summed E-state index contributed by atoms with van der Waals surface area (Å²) in [7, 11) is 1.72. The Kier molecular flexibility index (Phi) is 4.42. The summed E-state index contributed by atoms with van der Waals surface area (Å²) < 4.78 is 5.46. The van der Waals surface area contributed by atoms with Crippen molar-refractivity contribution < 1.29 is 9.84 Å². The highest BCUT2D eigenvalue weighted by Crippen LogP contribution is 2.30. The summed E-state index contributed by atoms with van der Waals surface area (Å²) in [6, 6.07) is 12.9. The van der Waals surface area contributed by atoms with Crippen LogP contribution in [0.15, 0.2) is 36.4 Å². The van der Waals surface area contributed by atoms with Crippen LogP contribution in [0.1, 0.15) is 24.8 Å². The molecule has 21 heavy (non-hydrogen) atoms. The van der Waals surface area contributed by atoms with Crippen molar-refractivity contribution in [1.82, 2.24) is 4.90 Å². The molecule has 1 atom stereocenters. The summed E-state index contributed by atoms with van der Waals surface area (Å²) >= 11 is 0. The van der Waals surface area contributed by atoms with Crippen LogP contribution in [0.5, 0.6) is 5.75 Å². The zero-order valence-corrected chi connectivity index (χ0v) is 12.6. The molecule has 0 radical (unpaired) electrons. The number of hydrogen-bond donors (Lipinski definition) is 1. The minimum absolute atomic E-state index is 0.258. The van der Waals surface area contributed by atoms with Crippen LogP contribution in [0, 0.1) is 0 Å². The third kappa shape index (κ3) is 2.89. The molecule has 0 bridgehead atoms. The Morgan fingerprint density at radius 2 is 1.95 bits per heavy atom. The summed E-state index contributed by atoms with van der Waals surface area (Å²) in [6.07, 6.45) is 3.56. The summed E-state index contributed by atoms with van der Waals surface area (Å²) in [6.45, 7) is 2.23. The normalized spacial score (nSPS) is 19.8. The largest absolute Gasteiger partial charge is 0.496 e. The molecule has 1 aliphatic heterocycles. The molecule has 1 aliphatic rings. The first-order valence-corrected chi connectivity index (χ1v) is 7.73. The Hall–Kier alpha value is -1.58. The van der Waals surface area contributed by atoms with E-state index in [4.69, 9.17) is 4.74 Å². The molecule has 1 fully saturated rings. The monoisotopic (exact) mass is 285 g/mol. The number of ether oxygens (including phenoxy) is 1. The van der Waals surface area contributed by atoms with Crippen LogP contribution in [-0.4, -0.2) is 36.3 Å². The summed E-state index contributed by atoms with van der Waals surface area (Å²) in [5.74, 6) is 0.923. The van der Waals surface area contributed by atoms with Gasteiger partial charge in [0.25, 0.3) is 0 Å². The van der Waals surface area contributed by atoms with E-state index in [1.807, 2.05) is 6.07 Å². The second-order valence-electron chi connectivity index (χ2n) is 5.78. The molecule has 1 heterocycles. The van der Waals surface area contributed by atoms with E-state index in [-0.39, 0.29) is 6.61 Å². The lowest BCUT2D eigenvalue weighted by molar-refractivity contribution is 0.0844. The Bertz CT molecular complexity index is 611. The lowest BCUT2D eigenvalue weighted by atomic mass is 9.99. The number of piperidine rings is 1. The van der Waals surface area contributed by atoms with Gasteiger partial charge in [-0.15, -0.1) is 0 Å². The lowest BCUT2D eigenvalue weighted by Gasteiger charge is -2.34. The Morgan fingerprint density at radius 1 is 1.14 bits per heavy atom. The molecule has 0 unspecified atom stereocenters. The molecule has 2 aromatic carbocycles. The zero-order chi connectivity index (χ0) is 14.7. The van der Waals surface area contributed by atoms with Gasteiger partial charge in [0, 0.05) is 18.0 Å². The van der Waals surface area contributed by atoms with Gasteiger partial charge in [0.05, 0.1) is 13.7 Å². The standard InChI is InChI=1S/C18H23NO2/c1-21-18-10-9-14(16-7-2-3-8-17(16)18)12-19-11-5-4-6-15(19)13-20/h2-3,7-10,15,20H,4-6,11-13H2,1H3/t15-/m0/s1. The van der Waals surface area contributed by atoms with Gasteiger partial charge in [-0.25, -0.2) is 0 Å². The minimum Gasteiger partial charge on any atom is -0.496 e. The molecule has 3 heteroatoms. The van der Waals surface area contributed by atoms with Crippen LogP contribution < -0.4 is 4.74 Å². The highest BCUT2D eigenvalue weighted by molar-refractivity contribution is 5.91. The number of benzene rings is 2. The number of nitrogens with zero attached hydrogens (tertiary/aromatic N) is 1. The molecule has 0 amide bonds. The average molecular weight is 285 g/mol. The van der Waals surface area contributed by atoms with Crippen LogP contribution in [0.25, 0.3) is 10.8 Å². The Morgan fingerprint density at radius 3 is 2.71 bits per heavy atom. The fourth-order valence-corrected chi connectivity index (χ4v) is 3.34. The maximum absolute atomic E-state index is 9.57. The van der Waals surface area contributed by atoms with Crippen molar-refractivity contribution in [2.24, 2.45) is 0 Å². The quantitative estimate of drug-likeness (QED) is 0.936. The smallest absolute Gasteiger partial charge is 0.126 e.